The highest BCUT2D eigenvalue weighted by Crippen LogP contribution is 2.56. The SMILES string of the molecule is CCO[C@@H]1C[C@H](N(C)Cc2nnnn2C2CC2)C12CCCC2. The number of nitrogens with zero attached hydrogens (tertiary/aromatic N) is 5. The molecule has 0 aliphatic heterocycles. The summed E-state index contributed by atoms with van der Waals surface area (Å²) in [6, 6.07) is 1.17. The van der Waals surface area contributed by atoms with Gasteiger partial charge in [0, 0.05) is 18.1 Å². The molecule has 0 N–H and O–H groups in total. The van der Waals surface area contributed by atoms with Gasteiger partial charge in [-0.3, -0.25) is 4.90 Å². The number of hydrogen-bond donors (Lipinski definition) is 0. The van der Waals surface area contributed by atoms with Gasteiger partial charge in [0.15, 0.2) is 5.82 Å². The van der Waals surface area contributed by atoms with Crippen molar-refractivity contribution in [1.29, 1.82) is 0 Å². The van der Waals surface area contributed by atoms with Crippen molar-refractivity contribution in [2.45, 2.75) is 76.6 Å². The number of ether oxygens (including phenoxy) is 1. The molecule has 122 valence electrons. The molecule has 1 spiro atoms. The summed E-state index contributed by atoms with van der Waals surface area (Å²) in [7, 11) is 2.23. The van der Waals surface area contributed by atoms with Crippen LogP contribution in [0.4, 0.5) is 0 Å². The molecule has 0 amide bonds. The van der Waals surface area contributed by atoms with Crippen molar-refractivity contribution >= 4 is 0 Å². The van der Waals surface area contributed by atoms with Crippen LogP contribution in [0.25, 0.3) is 0 Å². The molecule has 6 nitrogen and oxygen atoms in total. The van der Waals surface area contributed by atoms with Crippen LogP contribution in [-0.4, -0.2) is 50.9 Å². The predicted molar refractivity (Wildman–Crippen MR) is 82.3 cm³/mol. The highest BCUT2D eigenvalue weighted by atomic mass is 16.5. The van der Waals surface area contributed by atoms with Gasteiger partial charge in [-0.15, -0.1) is 5.10 Å². The van der Waals surface area contributed by atoms with Crippen LogP contribution in [0.15, 0.2) is 0 Å². The van der Waals surface area contributed by atoms with Gasteiger partial charge in [0.05, 0.1) is 18.7 Å². The van der Waals surface area contributed by atoms with E-state index in [1.165, 1.54) is 38.5 Å². The lowest BCUT2D eigenvalue weighted by atomic mass is 9.60. The zero-order valence-corrected chi connectivity index (χ0v) is 13.7. The van der Waals surface area contributed by atoms with E-state index in [4.69, 9.17) is 4.74 Å². The fraction of sp³-hybridized carbons (Fsp3) is 0.938. The summed E-state index contributed by atoms with van der Waals surface area (Å²) in [6.45, 7) is 3.81. The second-order valence-electron chi connectivity index (χ2n) is 7.32. The summed E-state index contributed by atoms with van der Waals surface area (Å²) in [4.78, 5) is 2.48. The first-order chi connectivity index (χ1) is 10.7. The van der Waals surface area contributed by atoms with Crippen LogP contribution in [0.1, 0.15) is 63.7 Å². The van der Waals surface area contributed by atoms with E-state index in [1.54, 1.807) is 0 Å². The molecule has 0 bridgehead atoms. The fourth-order valence-corrected chi connectivity index (χ4v) is 4.72. The Bertz CT molecular complexity index is 520. The number of hydrogen-bond acceptors (Lipinski definition) is 5. The molecule has 3 saturated carbocycles. The van der Waals surface area contributed by atoms with Gasteiger partial charge in [-0.25, -0.2) is 4.68 Å². The van der Waals surface area contributed by atoms with Crippen molar-refractivity contribution in [3.8, 4) is 0 Å². The van der Waals surface area contributed by atoms with E-state index >= 15 is 0 Å². The van der Waals surface area contributed by atoms with Crippen molar-refractivity contribution < 1.29 is 4.74 Å². The van der Waals surface area contributed by atoms with E-state index < -0.39 is 0 Å². The van der Waals surface area contributed by atoms with Crippen LogP contribution in [0.2, 0.25) is 0 Å². The highest BCUT2D eigenvalue weighted by molar-refractivity contribution is 5.10. The van der Waals surface area contributed by atoms with Crippen molar-refractivity contribution in [2.75, 3.05) is 13.7 Å². The van der Waals surface area contributed by atoms with Gasteiger partial charge in [-0.1, -0.05) is 12.8 Å². The smallest absolute Gasteiger partial charge is 0.165 e. The minimum Gasteiger partial charge on any atom is -0.378 e. The first-order valence-corrected chi connectivity index (χ1v) is 8.83. The molecular weight excluding hydrogens is 278 g/mol. The third-order valence-electron chi connectivity index (χ3n) is 6.02. The van der Waals surface area contributed by atoms with Crippen LogP contribution in [0.5, 0.6) is 0 Å². The Kier molecular flexibility index (Phi) is 3.69. The zero-order chi connectivity index (χ0) is 15.2. The van der Waals surface area contributed by atoms with Gasteiger partial charge in [0.1, 0.15) is 0 Å². The molecule has 1 aromatic rings. The number of rotatable bonds is 6. The average Bonchev–Trinajstić information content (AvgIpc) is 3.03. The van der Waals surface area contributed by atoms with E-state index in [1.807, 2.05) is 4.68 Å². The quantitative estimate of drug-likeness (QED) is 0.806. The van der Waals surface area contributed by atoms with Crippen molar-refractivity contribution in [3.63, 3.8) is 0 Å². The van der Waals surface area contributed by atoms with E-state index in [9.17, 15) is 0 Å². The van der Waals surface area contributed by atoms with Gasteiger partial charge >= 0.3 is 0 Å². The molecular formula is C16H27N5O. The standard InChI is InChI=1S/C16H27N5O/c1-3-22-14-10-13(16(14)8-4-5-9-16)20(2)11-15-17-18-19-21(15)12-6-7-12/h12-14H,3-11H2,1-2H3/t13-,14+/m0/s1. The van der Waals surface area contributed by atoms with Crippen LogP contribution in [0, 0.1) is 5.41 Å². The minimum atomic E-state index is 0.391. The van der Waals surface area contributed by atoms with Gasteiger partial charge < -0.3 is 4.74 Å². The Morgan fingerprint density at radius 1 is 1.32 bits per heavy atom. The molecule has 0 aromatic carbocycles. The van der Waals surface area contributed by atoms with Crippen LogP contribution in [0.3, 0.4) is 0 Å². The molecule has 1 heterocycles. The zero-order valence-electron chi connectivity index (χ0n) is 13.7. The molecule has 6 heteroatoms. The molecule has 0 radical (unpaired) electrons. The maximum absolute atomic E-state index is 6.03. The van der Waals surface area contributed by atoms with Crippen molar-refractivity contribution in [1.82, 2.24) is 25.1 Å². The Balaban J connectivity index is 1.46. The van der Waals surface area contributed by atoms with Crippen molar-refractivity contribution in [3.05, 3.63) is 5.82 Å². The molecule has 3 aliphatic carbocycles. The summed E-state index contributed by atoms with van der Waals surface area (Å²) < 4.78 is 8.07. The van der Waals surface area contributed by atoms with Gasteiger partial charge in [0.25, 0.3) is 0 Å². The number of aromatic nitrogens is 4. The van der Waals surface area contributed by atoms with Crippen LogP contribution < -0.4 is 0 Å². The molecule has 0 saturated heterocycles. The Hall–Kier alpha value is -1.01. The fourth-order valence-electron chi connectivity index (χ4n) is 4.72. The third-order valence-corrected chi connectivity index (χ3v) is 6.02. The monoisotopic (exact) mass is 305 g/mol. The molecule has 3 fully saturated rings. The average molecular weight is 305 g/mol. The normalized spacial score (nSPS) is 30.1. The Morgan fingerprint density at radius 3 is 2.77 bits per heavy atom. The van der Waals surface area contributed by atoms with Crippen molar-refractivity contribution in [2.24, 2.45) is 5.41 Å². The Labute approximate surface area is 132 Å². The Morgan fingerprint density at radius 2 is 2.09 bits per heavy atom. The first-order valence-electron chi connectivity index (χ1n) is 8.83. The van der Waals surface area contributed by atoms with E-state index in [0.29, 0.717) is 23.6 Å². The summed E-state index contributed by atoms with van der Waals surface area (Å²) in [5.41, 5.74) is 0.391. The maximum atomic E-state index is 6.03. The lowest BCUT2D eigenvalue weighted by Crippen LogP contribution is -2.62. The van der Waals surface area contributed by atoms with E-state index in [0.717, 1.165) is 25.4 Å². The molecule has 1 aromatic heterocycles. The molecule has 22 heavy (non-hydrogen) atoms. The third kappa shape index (κ3) is 2.27. The molecule has 3 aliphatic rings. The van der Waals surface area contributed by atoms with Crippen LogP contribution >= 0.6 is 0 Å². The summed E-state index contributed by atoms with van der Waals surface area (Å²) in [6.07, 6.45) is 9.42. The van der Waals surface area contributed by atoms with E-state index in [-0.39, 0.29) is 0 Å². The molecule has 2 atom stereocenters. The molecule has 4 rings (SSSR count). The largest absolute Gasteiger partial charge is 0.378 e. The highest BCUT2D eigenvalue weighted by Gasteiger charge is 2.58. The van der Waals surface area contributed by atoms with Gasteiger partial charge in [-0.05, 0) is 56.5 Å². The number of tetrazole rings is 1. The summed E-state index contributed by atoms with van der Waals surface area (Å²) in [5, 5.41) is 12.3. The predicted octanol–water partition coefficient (Wildman–Crippen LogP) is 2.18. The first kappa shape index (κ1) is 14.6. The van der Waals surface area contributed by atoms with Crippen LogP contribution in [-0.2, 0) is 11.3 Å². The lowest BCUT2D eigenvalue weighted by Gasteiger charge is -2.57. The molecule has 0 unspecified atom stereocenters. The second kappa shape index (κ2) is 5.57. The summed E-state index contributed by atoms with van der Waals surface area (Å²) in [5.74, 6) is 1.03. The topological polar surface area (TPSA) is 56.1 Å². The second-order valence-corrected chi connectivity index (χ2v) is 7.32. The van der Waals surface area contributed by atoms with E-state index in [2.05, 4.69) is 34.4 Å². The maximum Gasteiger partial charge on any atom is 0.165 e. The summed E-state index contributed by atoms with van der Waals surface area (Å²) >= 11 is 0. The minimum absolute atomic E-state index is 0.391. The van der Waals surface area contributed by atoms with Gasteiger partial charge in [-0.2, -0.15) is 0 Å². The lowest BCUT2D eigenvalue weighted by molar-refractivity contribution is -0.162. The van der Waals surface area contributed by atoms with Gasteiger partial charge in [0.2, 0.25) is 0 Å².